The minimum atomic E-state index is -2.48. The third-order valence-electron chi connectivity index (χ3n) is 8.04. The number of rotatable bonds is 7. The zero-order valence-corrected chi connectivity index (χ0v) is 24.3. The molecule has 0 radical (unpaired) electrons. The number of benzene rings is 3. The molecule has 0 aliphatic carbocycles. The molecule has 11 nitrogen and oxygen atoms in total. The van der Waals surface area contributed by atoms with E-state index in [1.165, 1.54) is 31.2 Å². The molecule has 2 amide bonds. The fraction of sp³-hybridized carbons (Fsp3) is 0.290. The summed E-state index contributed by atoms with van der Waals surface area (Å²) in [6.07, 6.45) is 0. The number of nitro groups is 1. The molecule has 2 aliphatic rings. The minimum absolute atomic E-state index is 0.127. The van der Waals surface area contributed by atoms with E-state index < -0.39 is 51.6 Å². The van der Waals surface area contributed by atoms with Crippen LogP contribution in [0, 0.1) is 10.1 Å². The predicted molar refractivity (Wildman–Crippen MR) is 155 cm³/mol. The second-order valence-electron chi connectivity index (χ2n) is 10.2. The van der Waals surface area contributed by atoms with Gasteiger partial charge in [0.1, 0.15) is 5.41 Å². The SMILES string of the molecule is CCOC(=O)C1(C(=O)OCC)N[C@H](c2ccc([N+](=O)[O-])cc2)[C@@H](c2ccc(Cl)cc2)[C@]12C(=O)N(C(C)=O)c1ccccc12. The summed E-state index contributed by atoms with van der Waals surface area (Å²) in [5.41, 5.74) is -3.36. The summed E-state index contributed by atoms with van der Waals surface area (Å²) in [4.78, 5) is 68.4. The topological polar surface area (TPSA) is 145 Å². The molecule has 0 saturated carbocycles. The first-order valence-electron chi connectivity index (χ1n) is 13.6. The van der Waals surface area contributed by atoms with Crippen molar-refractivity contribution in [3.63, 3.8) is 0 Å². The molecule has 1 N–H and O–H groups in total. The Labute approximate surface area is 251 Å². The number of imide groups is 1. The van der Waals surface area contributed by atoms with E-state index >= 15 is 0 Å². The van der Waals surface area contributed by atoms with E-state index in [1.54, 1.807) is 62.4 Å². The third kappa shape index (κ3) is 4.30. The van der Waals surface area contributed by atoms with Gasteiger partial charge in [-0.2, -0.15) is 0 Å². The van der Waals surface area contributed by atoms with Gasteiger partial charge < -0.3 is 9.47 Å². The highest BCUT2D eigenvalue weighted by atomic mass is 35.5. The Balaban J connectivity index is 1.94. The van der Waals surface area contributed by atoms with Crippen molar-refractivity contribution in [1.82, 2.24) is 5.32 Å². The summed E-state index contributed by atoms with van der Waals surface area (Å²) in [6.45, 7) is 4.09. The number of carbonyl (C=O) groups excluding carboxylic acids is 4. The quantitative estimate of drug-likeness (QED) is 0.179. The maximum absolute atomic E-state index is 15.0. The van der Waals surface area contributed by atoms with Gasteiger partial charge in [-0.05, 0) is 48.7 Å². The lowest BCUT2D eigenvalue weighted by Crippen LogP contribution is -2.70. The number of hydrogen-bond acceptors (Lipinski definition) is 9. The molecule has 3 aromatic rings. The monoisotopic (exact) mass is 605 g/mol. The van der Waals surface area contributed by atoms with Gasteiger partial charge in [0.2, 0.25) is 17.4 Å². The lowest BCUT2D eigenvalue weighted by atomic mass is 9.58. The average molecular weight is 606 g/mol. The van der Waals surface area contributed by atoms with Crippen LogP contribution in [0.25, 0.3) is 0 Å². The second-order valence-corrected chi connectivity index (χ2v) is 10.6. The first-order chi connectivity index (χ1) is 20.6. The smallest absolute Gasteiger partial charge is 0.339 e. The van der Waals surface area contributed by atoms with Gasteiger partial charge >= 0.3 is 11.9 Å². The molecule has 1 saturated heterocycles. The fourth-order valence-electron chi connectivity index (χ4n) is 6.49. The molecule has 3 aromatic carbocycles. The van der Waals surface area contributed by atoms with Gasteiger partial charge in [0.25, 0.3) is 5.69 Å². The first-order valence-corrected chi connectivity index (χ1v) is 14.0. The minimum Gasteiger partial charge on any atom is -0.464 e. The highest BCUT2D eigenvalue weighted by molar-refractivity contribution is 6.30. The Morgan fingerprint density at radius 3 is 2.02 bits per heavy atom. The average Bonchev–Trinajstić information content (AvgIpc) is 3.45. The predicted octanol–water partition coefficient (Wildman–Crippen LogP) is 4.37. The van der Waals surface area contributed by atoms with E-state index in [1.807, 2.05) is 0 Å². The van der Waals surface area contributed by atoms with Crippen molar-refractivity contribution in [2.75, 3.05) is 18.1 Å². The number of nitrogens with one attached hydrogen (secondary N) is 1. The van der Waals surface area contributed by atoms with Gasteiger partial charge in [0.15, 0.2) is 0 Å². The van der Waals surface area contributed by atoms with Gasteiger partial charge in [-0.15, -0.1) is 0 Å². The van der Waals surface area contributed by atoms with E-state index in [-0.39, 0.29) is 30.2 Å². The van der Waals surface area contributed by atoms with Crippen LogP contribution in [-0.2, 0) is 34.1 Å². The summed E-state index contributed by atoms with van der Waals surface area (Å²) >= 11 is 6.24. The first kappa shape index (κ1) is 29.9. The van der Waals surface area contributed by atoms with E-state index in [9.17, 15) is 29.3 Å². The lowest BCUT2D eigenvalue weighted by Gasteiger charge is -2.40. The number of hydrogen-bond donors (Lipinski definition) is 1. The number of nitro benzene ring substituents is 1. The molecule has 2 heterocycles. The molecular formula is C31H28ClN3O8. The van der Waals surface area contributed by atoms with Crippen LogP contribution in [0.1, 0.15) is 49.4 Å². The molecule has 0 bridgehead atoms. The number of nitrogens with zero attached hydrogens (tertiary/aromatic N) is 2. The van der Waals surface area contributed by atoms with E-state index in [0.29, 0.717) is 16.1 Å². The summed E-state index contributed by atoms with van der Waals surface area (Å²) in [5, 5.41) is 15.0. The number of ether oxygens (including phenoxy) is 2. The van der Waals surface area contributed by atoms with E-state index in [0.717, 1.165) is 4.90 Å². The highest BCUT2D eigenvalue weighted by Crippen LogP contribution is 2.64. The van der Waals surface area contributed by atoms with Crippen molar-refractivity contribution >= 4 is 46.7 Å². The van der Waals surface area contributed by atoms with Crippen LogP contribution >= 0.6 is 11.6 Å². The number of fused-ring (bicyclic) bond motifs is 2. The number of para-hydroxylation sites is 1. The van der Waals surface area contributed by atoms with Crippen LogP contribution in [0.3, 0.4) is 0 Å². The summed E-state index contributed by atoms with van der Waals surface area (Å²) in [6, 6.07) is 17.6. The Kier molecular flexibility index (Phi) is 7.80. The lowest BCUT2D eigenvalue weighted by molar-refractivity contribution is -0.384. The second kappa shape index (κ2) is 11.2. The Bertz CT molecular complexity index is 1610. The van der Waals surface area contributed by atoms with Crippen molar-refractivity contribution in [2.24, 2.45) is 0 Å². The molecule has 3 atom stereocenters. The van der Waals surface area contributed by atoms with Gasteiger partial charge in [0, 0.05) is 36.0 Å². The number of carbonyl (C=O) groups is 4. The van der Waals surface area contributed by atoms with Crippen molar-refractivity contribution in [2.45, 2.75) is 43.7 Å². The molecule has 12 heteroatoms. The number of esters is 2. The number of amides is 2. The van der Waals surface area contributed by atoms with Gasteiger partial charge in [0.05, 0.1) is 23.8 Å². The number of halogens is 1. The van der Waals surface area contributed by atoms with E-state index in [2.05, 4.69) is 5.32 Å². The van der Waals surface area contributed by atoms with Gasteiger partial charge in [-0.25, -0.2) is 14.5 Å². The van der Waals surface area contributed by atoms with Gasteiger partial charge in [-0.1, -0.05) is 54.1 Å². The van der Waals surface area contributed by atoms with Crippen molar-refractivity contribution < 1.29 is 33.6 Å². The molecule has 5 rings (SSSR count). The molecule has 2 aliphatic heterocycles. The molecule has 1 fully saturated rings. The zero-order valence-electron chi connectivity index (χ0n) is 23.5. The zero-order chi connectivity index (χ0) is 31.1. The molecule has 0 unspecified atom stereocenters. The Morgan fingerprint density at radius 1 is 0.930 bits per heavy atom. The summed E-state index contributed by atoms with van der Waals surface area (Å²) < 4.78 is 11.0. The van der Waals surface area contributed by atoms with Crippen LogP contribution in [0.4, 0.5) is 11.4 Å². The Morgan fingerprint density at radius 2 is 1.49 bits per heavy atom. The van der Waals surface area contributed by atoms with Crippen LogP contribution in [0.5, 0.6) is 0 Å². The summed E-state index contributed by atoms with van der Waals surface area (Å²) in [5.74, 6) is -4.61. The highest BCUT2D eigenvalue weighted by Gasteiger charge is 2.80. The van der Waals surface area contributed by atoms with Crippen LogP contribution in [0.2, 0.25) is 5.02 Å². The largest absolute Gasteiger partial charge is 0.464 e. The standard InChI is InChI=1S/C31H28ClN3O8/c1-4-42-28(38)31(29(39)43-5-2)30(23-8-6-7-9-24(23)34(18(3)36)27(30)37)25(19-10-14-21(32)15-11-19)26(33-31)20-12-16-22(17-13-20)35(40)41/h6-17,25-26,33H,4-5H2,1-3H3/t25-,26-,30-/m1/s1. The van der Waals surface area contributed by atoms with Crippen LogP contribution in [0.15, 0.2) is 72.8 Å². The van der Waals surface area contributed by atoms with Crippen LogP contribution < -0.4 is 10.2 Å². The fourth-order valence-corrected chi connectivity index (χ4v) is 6.61. The number of non-ortho nitro benzene ring substituents is 1. The third-order valence-corrected chi connectivity index (χ3v) is 8.30. The molecule has 43 heavy (non-hydrogen) atoms. The van der Waals surface area contributed by atoms with E-state index in [4.69, 9.17) is 21.1 Å². The van der Waals surface area contributed by atoms with Crippen molar-refractivity contribution in [1.29, 1.82) is 0 Å². The molecule has 1 spiro atoms. The van der Waals surface area contributed by atoms with Crippen molar-refractivity contribution in [3.05, 3.63) is 105 Å². The number of anilines is 1. The normalized spacial score (nSPS) is 21.9. The maximum Gasteiger partial charge on any atom is 0.339 e. The van der Waals surface area contributed by atoms with Gasteiger partial charge in [-0.3, -0.25) is 25.0 Å². The molecule has 222 valence electrons. The Hall–Kier alpha value is -4.61. The van der Waals surface area contributed by atoms with Crippen molar-refractivity contribution in [3.8, 4) is 0 Å². The summed E-state index contributed by atoms with van der Waals surface area (Å²) in [7, 11) is 0. The molecular weight excluding hydrogens is 578 g/mol. The maximum atomic E-state index is 15.0. The van der Waals surface area contributed by atoms with Crippen LogP contribution in [-0.4, -0.2) is 47.4 Å². The molecule has 0 aromatic heterocycles.